The van der Waals surface area contributed by atoms with Crippen LogP contribution in [0.2, 0.25) is 0 Å². The van der Waals surface area contributed by atoms with Crippen LogP contribution in [0.15, 0.2) is 16.5 Å². The minimum atomic E-state index is 0.211. The number of hydrogen-bond acceptors (Lipinski definition) is 4. The van der Waals surface area contributed by atoms with Gasteiger partial charge in [-0.2, -0.15) is 0 Å². The molecule has 1 aromatic rings. The van der Waals surface area contributed by atoms with Crippen molar-refractivity contribution in [2.45, 2.75) is 38.3 Å². The van der Waals surface area contributed by atoms with Gasteiger partial charge in [0.2, 0.25) is 0 Å². The van der Waals surface area contributed by atoms with Gasteiger partial charge < -0.3 is 14.9 Å². The molecule has 0 amide bonds. The molecule has 1 unspecified atom stereocenters. The standard InChI is InChI=1S/C14H24N2O2/c1-3-11-4-5-14(18-11)13(10-15)16-8-6-12(17-2)7-9-16/h4-5,12-13H,3,6-10,15H2,1-2H3. The van der Waals surface area contributed by atoms with E-state index in [-0.39, 0.29) is 6.04 Å². The maximum atomic E-state index is 5.92. The van der Waals surface area contributed by atoms with Crippen molar-refractivity contribution in [2.75, 3.05) is 26.7 Å². The number of nitrogens with zero attached hydrogens (tertiary/aromatic N) is 1. The van der Waals surface area contributed by atoms with Crippen LogP contribution >= 0.6 is 0 Å². The normalized spacial score (nSPS) is 20.2. The van der Waals surface area contributed by atoms with Gasteiger partial charge in [0.15, 0.2) is 0 Å². The van der Waals surface area contributed by atoms with Crippen LogP contribution in [0.4, 0.5) is 0 Å². The molecule has 1 saturated heterocycles. The summed E-state index contributed by atoms with van der Waals surface area (Å²) in [5.74, 6) is 2.04. The summed E-state index contributed by atoms with van der Waals surface area (Å²) in [6.45, 7) is 4.77. The predicted octanol–water partition coefficient (Wildman–Crippen LogP) is 1.95. The van der Waals surface area contributed by atoms with Crippen molar-refractivity contribution in [1.29, 1.82) is 0 Å². The molecule has 0 aliphatic carbocycles. The Labute approximate surface area is 109 Å². The third-order valence-electron chi connectivity index (χ3n) is 3.83. The van der Waals surface area contributed by atoms with Crippen molar-refractivity contribution in [3.63, 3.8) is 0 Å². The number of piperidine rings is 1. The van der Waals surface area contributed by atoms with Gasteiger partial charge in [0, 0.05) is 33.2 Å². The number of furan rings is 1. The van der Waals surface area contributed by atoms with Crippen LogP contribution in [0.1, 0.15) is 37.3 Å². The highest BCUT2D eigenvalue weighted by Gasteiger charge is 2.26. The summed E-state index contributed by atoms with van der Waals surface area (Å²) in [6.07, 6.45) is 3.49. The molecule has 0 saturated carbocycles. The second-order valence-electron chi connectivity index (χ2n) is 4.88. The van der Waals surface area contributed by atoms with E-state index in [1.54, 1.807) is 7.11 Å². The molecule has 0 spiro atoms. The molecular formula is C14H24N2O2. The van der Waals surface area contributed by atoms with E-state index < -0.39 is 0 Å². The van der Waals surface area contributed by atoms with E-state index in [9.17, 15) is 0 Å². The third kappa shape index (κ3) is 2.94. The second-order valence-corrected chi connectivity index (χ2v) is 4.88. The quantitative estimate of drug-likeness (QED) is 0.870. The van der Waals surface area contributed by atoms with E-state index in [1.807, 2.05) is 0 Å². The Bertz CT molecular complexity index is 356. The van der Waals surface area contributed by atoms with E-state index in [2.05, 4.69) is 24.0 Å². The van der Waals surface area contributed by atoms with Crippen molar-refractivity contribution in [2.24, 2.45) is 5.73 Å². The Kier molecular flexibility index (Phi) is 4.80. The van der Waals surface area contributed by atoms with Crippen molar-refractivity contribution in [3.05, 3.63) is 23.7 Å². The molecule has 0 aromatic carbocycles. The molecule has 1 atom stereocenters. The zero-order valence-corrected chi connectivity index (χ0v) is 11.4. The molecule has 4 nitrogen and oxygen atoms in total. The summed E-state index contributed by atoms with van der Waals surface area (Å²) >= 11 is 0. The molecule has 4 heteroatoms. The smallest absolute Gasteiger partial charge is 0.122 e. The number of nitrogens with two attached hydrogens (primary N) is 1. The fraction of sp³-hybridized carbons (Fsp3) is 0.714. The van der Waals surface area contributed by atoms with Crippen LogP contribution in [-0.4, -0.2) is 37.7 Å². The van der Waals surface area contributed by atoms with Crippen LogP contribution in [0.3, 0.4) is 0 Å². The maximum absolute atomic E-state index is 5.92. The summed E-state index contributed by atoms with van der Waals surface area (Å²) in [5.41, 5.74) is 5.92. The Morgan fingerprint density at radius 1 is 1.44 bits per heavy atom. The average Bonchev–Trinajstić information content (AvgIpc) is 2.89. The first-order chi connectivity index (χ1) is 8.78. The van der Waals surface area contributed by atoms with Crippen LogP contribution in [-0.2, 0) is 11.2 Å². The highest BCUT2D eigenvalue weighted by Crippen LogP contribution is 2.26. The van der Waals surface area contributed by atoms with E-state index in [1.165, 1.54) is 0 Å². The first-order valence-corrected chi connectivity index (χ1v) is 6.84. The molecule has 0 bridgehead atoms. The molecule has 2 N–H and O–H groups in total. The van der Waals surface area contributed by atoms with Crippen LogP contribution < -0.4 is 5.73 Å². The third-order valence-corrected chi connectivity index (χ3v) is 3.83. The SMILES string of the molecule is CCc1ccc(C(CN)N2CCC(OC)CC2)o1. The summed E-state index contributed by atoms with van der Waals surface area (Å²) in [6, 6.07) is 4.33. The fourth-order valence-corrected chi connectivity index (χ4v) is 2.63. The predicted molar refractivity (Wildman–Crippen MR) is 71.5 cm³/mol. The first-order valence-electron chi connectivity index (χ1n) is 6.84. The van der Waals surface area contributed by atoms with Gasteiger partial charge in [-0.1, -0.05) is 6.92 Å². The second kappa shape index (κ2) is 6.36. The minimum absolute atomic E-state index is 0.211. The van der Waals surface area contributed by atoms with Gasteiger partial charge in [-0.15, -0.1) is 0 Å². The van der Waals surface area contributed by atoms with Crippen molar-refractivity contribution >= 4 is 0 Å². The lowest BCUT2D eigenvalue weighted by atomic mass is 10.0. The fourth-order valence-electron chi connectivity index (χ4n) is 2.63. The lowest BCUT2D eigenvalue weighted by molar-refractivity contribution is 0.0247. The summed E-state index contributed by atoms with van der Waals surface area (Å²) < 4.78 is 11.2. The topological polar surface area (TPSA) is 51.6 Å². The Balaban J connectivity index is 2.00. The number of methoxy groups -OCH3 is 1. The van der Waals surface area contributed by atoms with Gasteiger partial charge in [-0.05, 0) is 25.0 Å². The van der Waals surface area contributed by atoms with Crippen molar-refractivity contribution in [3.8, 4) is 0 Å². The number of rotatable bonds is 5. The zero-order chi connectivity index (χ0) is 13.0. The average molecular weight is 252 g/mol. The first kappa shape index (κ1) is 13.6. The maximum Gasteiger partial charge on any atom is 0.122 e. The molecule has 1 aliphatic rings. The van der Waals surface area contributed by atoms with E-state index in [0.29, 0.717) is 12.6 Å². The Morgan fingerprint density at radius 2 is 2.17 bits per heavy atom. The number of aryl methyl sites for hydroxylation is 1. The molecule has 102 valence electrons. The molecular weight excluding hydrogens is 228 g/mol. The van der Waals surface area contributed by atoms with E-state index in [0.717, 1.165) is 43.9 Å². The minimum Gasteiger partial charge on any atom is -0.464 e. The Hall–Kier alpha value is -0.840. The lowest BCUT2D eigenvalue weighted by Gasteiger charge is -2.35. The lowest BCUT2D eigenvalue weighted by Crippen LogP contribution is -2.41. The van der Waals surface area contributed by atoms with Gasteiger partial charge in [-0.25, -0.2) is 0 Å². The highest BCUT2D eigenvalue weighted by molar-refractivity contribution is 5.11. The van der Waals surface area contributed by atoms with E-state index >= 15 is 0 Å². The van der Waals surface area contributed by atoms with Crippen molar-refractivity contribution in [1.82, 2.24) is 4.90 Å². The molecule has 1 aromatic heterocycles. The number of ether oxygens (including phenoxy) is 1. The number of likely N-dealkylation sites (tertiary alicyclic amines) is 1. The molecule has 2 rings (SSSR count). The van der Waals surface area contributed by atoms with Gasteiger partial charge in [0.1, 0.15) is 11.5 Å². The van der Waals surface area contributed by atoms with Gasteiger partial charge in [0.25, 0.3) is 0 Å². The van der Waals surface area contributed by atoms with Crippen LogP contribution in [0, 0.1) is 0 Å². The number of hydrogen-bond donors (Lipinski definition) is 1. The molecule has 0 radical (unpaired) electrons. The van der Waals surface area contributed by atoms with Gasteiger partial charge in [-0.3, -0.25) is 4.90 Å². The molecule has 18 heavy (non-hydrogen) atoms. The van der Waals surface area contributed by atoms with Crippen LogP contribution in [0.5, 0.6) is 0 Å². The summed E-state index contributed by atoms with van der Waals surface area (Å²) in [4.78, 5) is 2.41. The zero-order valence-electron chi connectivity index (χ0n) is 11.4. The van der Waals surface area contributed by atoms with Gasteiger partial charge >= 0.3 is 0 Å². The summed E-state index contributed by atoms with van der Waals surface area (Å²) in [7, 11) is 1.79. The monoisotopic (exact) mass is 252 g/mol. The van der Waals surface area contributed by atoms with E-state index in [4.69, 9.17) is 14.9 Å². The molecule has 2 heterocycles. The largest absolute Gasteiger partial charge is 0.464 e. The Morgan fingerprint density at radius 3 is 2.67 bits per heavy atom. The summed E-state index contributed by atoms with van der Waals surface area (Å²) in [5, 5.41) is 0. The highest BCUT2D eigenvalue weighted by atomic mass is 16.5. The van der Waals surface area contributed by atoms with Crippen LogP contribution in [0.25, 0.3) is 0 Å². The molecule has 1 aliphatic heterocycles. The molecule has 1 fully saturated rings. The van der Waals surface area contributed by atoms with Gasteiger partial charge in [0.05, 0.1) is 12.1 Å². The van der Waals surface area contributed by atoms with Crippen molar-refractivity contribution < 1.29 is 9.15 Å².